The molecule has 208 valence electrons. The fourth-order valence-electron chi connectivity index (χ4n) is 5.24. The molecule has 1 atom stereocenters. The van der Waals surface area contributed by atoms with Crippen molar-refractivity contribution >= 4 is 23.2 Å². The van der Waals surface area contributed by atoms with Gasteiger partial charge >= 0.3 is 0 Å². The molecule has 3 aromatic rings. The van der Waals surface area contributed by atoms with Gasteiger partial charge in [-0.15, -0.1) is 11.3 Å². The van der Waals surface area contributed by atoms with Gasteiger partial charge in [-0.25, -0.2) is 0 Å². The number of carbonyl (C=O) groups excluding carboxylic acids is 2. The van der Waals surface area contributed by atoms with Crippen LogP contribution in [0.5, 0.6) is 11.5 Å². The third-order valence-corrected chi connectivity index (χ3v) is 8.22. The Labute approximate surface area is 236 Å². The summed E-state index contributed by atoms with van der Waals surface area (Å²) < 4.78 is 11.0. The molecule has 0 fully saturated rings. The highest BCUT2D eigenvalue weighted by atomic mass is 32.1. The largest absolute Gasteiger partial charge is 0.496 e. The second-order valence-corrected chi connectivity index (χ2v) is 12.5. The summed E-state index contributed by atoms with van der Waals surface area (Å²) >= 11 is 1.75. The maximum atomic E-state index is 14.0. The molecule has 0 saturated carbocycles. The van der Waals surface area contributed by atoms with E-state index in [4.69, 9.17) is 9.47 Å². The van der Waals surface area contributed by atoms with Crippen molar-refractivity contribution in [1.82, 2.24) is 9.80 Å². The van der Waals surface area contributed by atoms with Crippen molar-refractivity contribution < 1.29 is 19.1 Å². The second-order valence-electron chi connectivity index (χ2n) is 11.5. The molecular weight excluding hydrogens is 508 g/mol. The van der Waals surface area contributed by atoms with Crippen molar-refractivity contribution in [3.63, 3.8) is 0 Å². The molecule has 0 N–H and O–H groups in total. The lowest BCUT2D eigenvalue weighted by atomic mass is 9.85. The van der Waals surface area contributed by atoms with Crippen LogP contribution in [-0.2, 0) is 16.6 Å². The highest BCUT2D eigenvalue weighted by Crippen LogP contribution is 2.39. The number of thiophene rings is 1. The minimum absolute atomic E-state index is 0.0196. The molecule has 4 rings (SSSR count). The maximum absolute atomic E-state index is 14.0. The zero-order valence-electron chi connectivity index (χ0n) is 24.1. The van der Waals surface area contributed by atoms with Gasteiger partial charge in [-0.2, -0.15) is 0 Å². The Morgan fingerprint density at radius 2 is 1.67 bits per heavy atom. The van der Waals surface area contributed by atoms with Crippen molar-refractivity contribution in [2.45, 2.75) is 52.5 Å². The Morgan fingerprint density at radius 1 is 1.03 bits per heavy atom. The second kappa shape index (κ2) is 11.8. The first kappa shape index (κ1) is 28.7. The summed E-state index contributed by atoms with van der Waals surface area (Å²) in [6.07, 6.45) is 0.813. The number of hydrogen-bond acceptors (Lipinski definition) is 5. The minimum atomic E-state index is -0.273. The number of methoxy groups -OCH3 is 2. The van der Waals surface area contributed by atoms with E-state index in [2.05, 4.69) is 56.5 Å². The first-order valence-electron chi connectivity index (χ1n) is 13.5. The third-order valence-electron chi connectivity index (χ3n) is 7.22. The highest BCUT2D eigenvalue weighted by Gasteiger charge is 2.35. The molecule has 1 aliphatic rings. The predicted molar refractivity (Wildman–Crippen MR) is 157 cm³/mol. The van der Waals surface area contributed by atoms with Crippen molar-refractivity contribution in [3.05, 3.63) is 81.0 Å². The highest BCUT2D eigenvalue weighted by molar-refractivity contribution is 7.10. The molecule has 1 aromatic heterocycles. The molecule has 0 radical (unpaired) electrons. The van der Waals surface area contributed by atoms with Crippen LogP contribution in [0.2, 0.25) is 0 Å². The van der Waals surface area contributed by atoms with E-state index in [0.29, 0.717) is 30.2 Å². The van der Waals surface area contributed by atoms with Gasteiger partial charge in [0.05, 0.1) is 20.3 Å². The van der Waals surface area contributed by atoms with Gasteiger partial charge in [0.2, 0.25) is 5.91 Å². The quantitative estimate of drug-likeness (QED) is 0.330. The van der Waals surface area contributed by atoms with Gasteiger partial charge < -0.3 is 19.3 Å². The lowest BCUT2D eigenvalue weighted by molar-refractivity contribution is -0.134. The van der Waals surface area contributed by atoms with Crippen LogP contribution in [0.3, 0.4) is 0 Å². The fraction of sp³-hybridized carbons (Fsp3) is 0.438. The summed E-state index contributed by atoms with van der Waals surface area (Å²) in [6.45, 7) is 11.7. The van der Waals surface area contributed by atoms with Crippen molar-refractivity contribution in [2.24, 2.45) is 5.92 Å². The van der Waals surface area contributed by atoms with E-state index >= 15 is 0 Å². The normalized spacial score (nSPS) is 15.2. The summed E-state index contributed by atoms with van der Waals surface area (Å²) in [6, 6.07) is 15.9. The van der Waals surface area contributed by atoms with Crippen LogP contribution in [0.15, 0.2) is 53.9 Å². The van der Waals surface area contributed by atoms with Crippen molar-refractivity contribution in [1.29, 1.82) is 0 Å². The number of ether oxygens (including phenoxy) is 2. The van der Waals surface area contributed by atoms with Crippen LogP contribution in [0, 0.1) is 5.92 Å². The molecule has 2 aromatic carbocycles. The molecule has 0 spiro atoms. The van der Waals surface area contributed by atoms with Gasteiger partial charge in [-0.05, 0) is 58.0 Å². The molecule has 7 heteroatoms. The van der Waals surface area contributed by atoms with E-state index in [1.165, 1.54) is 30.2 Å². The van der Waals surface area contributed by atoms with E-state index in [-0.39, 0.29) is 35.7 Å². The van der Waals surface area contributed by atoms with Crippen LogP contribution in [0.25, 0.3) is 0 Å². The Bertz CT molecular complexity index is 1280. The first-order chi connectivity index (χ1) is 18.5. The third kappa shape index (κ3) is 6.14. The average molecular weight is 549 g/mol. The number of rotatable bonds is 8. The fourth-order valence-corrected chi connectivity index (χ4v) is 6.15. The predicted octanol–water partition coefficient (Wildman–Crippen LogP) is 6.34. The SMILES string of the molecule is COc1cccc(OC)c1C(=O)N(CC(=O)N1CCc2sccc2C1c1ccc(C(C)(C)C)cc1)CC(C)C. The van der Waals surface area contributed by atoms with Gasteiger partial charge in [0.1, 0.15) is 23.6 Å². The van der Waals surface area contributed by atoms with Gasteiger partial charge in [0, 0.05) is 18.0 Å². The van der Waals surface area contributed by atoms with Gasteiger partial charge in [-0.3, -0.25) is 9.59 Å². The minimum Gasteiger partial charge on any atom is -0.496 e. The summed E-state index contributed by atoms with van der Waals surface area (Å²) in [5, 5.41) is 2.11. The molecule has 1 unspecified atom stereocenters. The van der Waals surface area contributed by atoms with Crippen molar-refractivity contribution in [3.8, 4) is 11.5 Å². The maximum Gasteiger partial charge on any atom is 0.261 e. The van der Waals surface area contributed by atoms with E-state index in [0.717, 1.165) is 12.0 Å². The lowest BCUT2D eigenvalue weighted by Crippen LogP contribution is -2.47. The number of fused-ring (bicyclic) bond motifs is 1. The average Bonchev–Trinajstić information content (AvgIpc) is 3.39. The van der Waals surface area contributed by atoms with Gasteiger partial charge in [-0.1, -0.05) is 65.0 Å². The lowest BCUT2D eigenvalue weighted by Gasteiger charge is -2.38. The summed E-state index contributed by atoms with van der Waals surface area (Å²) in [5.41, 5.74) is 3.90. The molecule has 0 saturated heterocycles. The van der Waals surface area contributed by atoms with Crippen LogP contribution < -0.4 is 9.47 Å². The van der Waals surface area contributed by atoms with Crippen LogP contribution in [0.4, 0.5) is 0 Å². The number of amides is 2. The molecule has 0 aliphatic carbocycles. The Morgan fingerprint density at radius 3 is 2.23 bits per heavy atom. The van der Waals surface area contributed by atoms with Gasteiger partial charge in [0.25, 0.3) is 5.91 Å². The van der Waals surface area contributed by atoms with E-state index < -0.39 is 0 Å². The Hall–Kier alpha value is -3.32. The Balaban J connectivity index is 1.67. The zero-order chi connectivity index (χ0) is 28.3. The molecule has 2 amide bonds. The summed E-state index contributed by atoms with van der Waals surface area (Å²) in [7, 11) is 3.07. The molecule has 39 heavy (non-hydrogen) atoms. The van der Waals surface area contributed by atoms with Gasteiger partial charge in [0.15, 0.2) is 0 Å². The van der Waals surface area contributed by atoms with Crippen LogP contribution in [0.1, 0.15) is 72.6 Å². The van der Waals surface area contributed by atoms with Crippen LogP contribution >= 0.6 is 11.3 Å². The number of carbonyl (C=O) groups is 2. The Kier molecular flexibility index (Phi) is 8.70. The first-order valence-corrected chi connectivity index (χ1v) is 14.4. The van der Waals surface area contributed by atoms with E-state index in [1.54, 1.807) is 34.4 Å². The smallest absolute Gasteiger partial charge is 0.261 e. The number of benzene rings is 2. The standard InChI is InChI=1S/C32H40N2O4S/c1-21(2)19-33(31(36)29-25(37-6)9-8-10-26(29)38-7)20-28(35)34-17-15-27-24(16-18-39-27)30(34)22-11-13-23(14-12-22)32(3,4)5/h8-14,16,18,21,30H,15,17,19-20H2,1-7H3. The van der Waals surface area contributed by atoms with E-state index in [9.17, 15) is 9.59 Å². The van der Waals surface area contributed by atoms with E-state index in [1.807, 2.05) is 18.7 Å². The summed E-state index contributed by atoms with van der Waals surface area (Å²) in [4.78, 5) is 32.8. The molecular formula is C32H40N2O4S. The zero-order valence-corrected chi connectivity index (χ0v) is 24.9. The van der Waals surface area contributed by atoms with Crippen molar-refractivity contribution in [2.75, 3.05) is 33.9 Å². The monoisotopic (exact) mass is 548 g/mol. The molecule has 1 aliphatic heterocycles. The molecule has 2 heterocycles. The number of hydrogen-bond donors (Lipinski definition) is 0. The van der Waals surface area contributed by atoms with Crippen LogP contribution in [-0.4, -0.2) is 55.5 Å². The summed E-state index contributed by atoms with van der Waals surface area (Å²) in [5.74, 6) is 0.690. The number of nitrogens with zero attached hydrogens (tertiary/aromatic N) is 2. The molecule has 6 nitrogen and oxygen atoms in total. The topological polar surface area (TPSA) is 59.1 Å². The molecule has 0 bridgehead atoms.